The summed E-state index contributed by atoms with van der Waals surface area (Å²) in [5, 5.41) is 15.4. The third kappa shape index (κ3) is 7.67. The van der Waals surface area contributed by atoms with Gasteiger partial charge in [-0.1, -0.05) is 20.8 Å². The van der Waals surface area contributed by atoms with Gasteiger partial charge in [0.15, 0.2) is 0 Å². The zero-order valence-electron chi connectivity index (χ0n) is 19.4. The van der Waals surface area contributed by atoms with Crippen molar-refractivity contribution >= 4 is 18.0 Å². The van der Waals surface area contributed by atoms with Gasteiger partial charge >= 0.3 is 6.09 Å². The van der Waals surface area contributed by atoms with E-state index in [0.29, 0.717) is 45.6 Å². The number of ether oxygens (including phenoxy) is 2. The molecule has 10 nitrogen and oxygen atoms in total. The first-order valence-electron chi connectivity index (χ1n) is 10.7. The number of amides is 2. The normalized spacial score (nSPS) is 21.0. The molecule has 2 saturated heterocycles. The number of rotatable bonds is 4. The van der Waals surface area contributed by atoms with Gasteiger partial charge in [-0.3, -0.25) is 10.1 Å². The summed E-state index contributed by atoms with van der Waals surface area (Å²) in [6, 6.07) is 1.56. The molecule has 0 aromatic carbocycles. The van der Waals surface area contributed by atoms with E-state index in [2.05, 4.69) is 26.6 Å². The zero-order chi connectivity index (χ0) is 23.1. The average Bonchev–Trinajstić information content (AvgIpc) is 2.74. The molecule has 0 bridgehead atoms. The number of carbonyl (C=O) groups is 2. The Bertz CT molecular complexity index is 698. The largest absolute Gasteiger partial charge is 0.453 e. The number of nitrogens with one attached hydrogen (secondary N) is 2. The van der Waals surface area contributed by atoms with E-state index in [1.54, 1.807) is 0 Å². The van der Waals surface area contributed by atoms with E-state index >= 15 is 0 Å². The number of likely N-dealkylation sites (tertiary alicyclic amines) is 1. The minimum absolute atomic E-state index is 0.195. The Morgan fingerprint density at radius 2 is 1.84 bits per heavy atom. The van der Waals surface area contributed by atoms with E-state index < -0.39 is 17.7 Å². The van der Waals surface area contributed by atoms with Gasteiger partial charge in [-0.15, -0.1) is 0 Å². The number of piperidine rings is 1. The van der Waals surface area contributed by atoms with Crippen LogP contribution in [0.3, 0.4) is 0 Å². The number of guanidine groups is 1. The quantitative estimate of drug-likeness (QED) is 0.497. The Kier molecular flexibility index (Phi) is 8.65. The van der Waals surface area contributed by atoms with Gasteiger partial charge < -0.3 is 24.6 Å². The summed E-state index contributed by atoms with van der Waals surface area (Å²) in [6.07, 6.45) is 0.934. The van der Waals surface area contributed by atoms with Crippen LogP contribution in [0.25, 0.3) is 0 Å². The van der Waals surface area contributed by atoms with Crippen molar-refractivity contribution in [1.82, 2.24) is 20.4 Å². The number of nitriles is 1. The predicted molar refractivity (Wildman–Crippen MR) is 116 cm³/mol. The highest BCUT2D eigenvalue weighted by molar-refractivity contribution is 5.96. The number of carbonyl (C=O) groups excluding carboxylic acids is 2. The molecule has 2 aliphatic heterocycles. The highest BCUT2D eigenvalue weighted by atomic mass is 16.5. The molecule has 0 aliphatic carbocycles. The Hall–Kier alpha value is -2.38. The molecular weight excluding hydrogens is 400 g/mol. The van der Waals surface area contributed by atoms with E-state index in [0.717, 1.165) is 13.1 Å². The van der Waals surface area contributed by atoms with Crippen molar-refractivity contribution in [2.45, 2.75) is 51.6 Å². The number of alkyl carbamates (subject to hydrolysis) is 1. The monoisotopic (exact) mass is 436 g/mol. The van der Waals surface area contributed by atoms with Crippen LogP contribution in [-0.2, 0) is 14.3 Å². The van der Waals surface area contributed by atoms with Crippen LogP contribution < -0.4 is 10.6 Å². The number of methoxy groups -OCH3 is 1. The lowest BCUT2D eigenvalue weighted by molar-refractivity contribution is -0.124. The van der Waals surface area contributed by atoms with Gasteiger partial charge in [-0.25, -0.2) is 9.79 Å². The second-order valence-corrected chi connectivity index (χ2v) is 9.44. The van der Waals surface area contributed by atoms with Crippen LogP contribution >= 0.6 is 0 Å². The second-order valence-electron chi connectivity index (χ2n) is 9.44. The Morgan fingerprint density at radius 1 is 1.23 bits per heavy atom. The predicted octanol–water partition coefficient (Wildman–Crippen LogP) is 0.940. The third-order valence-electron chi connectivity index (χ3n) is 5.51. The molecule has 1 unspecified atom stereocenters. The first kappa shape index (κ1) is 24.9. The number of nitrogens with zero attached hydrogens (tertiary/aromatic N) is 4. The molecule has 2 N–H and O–H groups in total. The molecule has 2 rings (SSSR count). The number of hydrogen-bond acceptors (Lipinski definition) is 7. The highest BCUT2D eigenvalue weighted by Gasteiger charge is 2.38. The summed E-state index contributed by atoms with van der Waals surface area (Å²) in [7, 11) is 3.28. The van der Waals surface area contributed by atoms with E-state index in [4.69, 9.17) is 9.47 Å². The summed E-state index contributed by atoms with van der Waals surface area (Å²) in [4.78, 5) is 33.9. The highest BCUT2D eigenvalue weighted by Crippen LogP contribution is 2.25. The molecule has 0 aromatic rings. The van der Waals surface area contributed by atoms with Crippen molar-refractivity contribution in [3.05, 3.63) is 0 Å². The summed E-state index contributed by atoms with van der Waals surface area (Å²) in [5.74, 6) is -0.0209. The minimum atomic E-state index is -0.899. The molecule has 10 heteroatoms. The number of morpholine rings is 1. The zero-order valence-corrected chi connectivity index (χ0v) is 19.4. The van der Waals surface area contributed by atoms with Crippen LogP contribution in [0.1, 0.15) is 40.0 Å². The van der Waals surface area contributed by atoms with Gasteiger partial charge in [0.1, 0.15) is 11.6 Å². The van der Waals surface area contributed by atoms with Crippen LogP contribution in [0.5, 0.6) is 0 Å². The second kappa shape index (κ2) is 10.8. The van der Waals surface area contributed by atoms with Gasteiger partial charge in [0.05, 0.1) is 26.4 Å². The fourth-order valence-electron chi connectivity index (χ4n) is 3.62. The summed E-state index contributed by atoms with van der Waals surface area (Å²) >= 11 is 0. The topological polar surface area (TPSA) is 119 Å². The van der Waals surface area contributed by atoms with Gasteiger partial charge in [-0.2, -0.15) is 5.26 Å². The van der Waals surface area contributed by atoms with Crippen molar-refractivity contribution in [2.75, 3.05) is 53.6 Å². The number of aliphatic imine (C=N–C) groups is 1. The minimum Gasteiger partial charge on any atom is -0.453 e. The fraction of sp³-hybridized carbons (Fsp3) is 0.810. The molecule has 0 spiro atoms. The van der Waals surface area contributed by atoms with Crippen molar-refractivity contribution < 1.29 is 19.1 Å². The summed E-state index contributed by atoms with van der Waals surface area (Å²) in [5.41, 5.74) is -1.09. The first-order valence-corrected chi connectivity index (χ1v) is 10.7. The number of hydrogen-bond donors (Lipinski definition) is 2. The molecule has 2 aliphatic rings. The average molecular weight is 437 g/mol. The maximum Gasteiger partial charge on any atom is 0.413 e. The van der Waals surface area contributed by atoms with Gasteiger partial charge in [0.2, 0.25) is 11.9 Å². The smallest absolute Gasteiger partial charge is 0.413 e. The summed E-state index contributed by atoms with van der Waals surface area (Å²) < 4.78 is 10.1. The standard InChI is InChI=1S/C21H36N6O4/c1-20(2,3)14-16(17(28)25-21(15-22)6-8-26(4)9-7-21)23-18(24-19(29)30-5)27-10-12-31-13-11-27/h16H,6-14H2,1-5H3,(H,25,28)(H,23,24,29). The van der Waals surface area contributed by atoms with Crippen LogP contribution in [0.4, 0.5) is 4.79 Å². The van der Waals surface area contributed by atoms with Crippen molar-refractivity contribution in [3.8, 4) is 6.07 Å². The Labute approximate surface area is 184 Å². The molecule has 2 amide bonds. The molecule has 2 heterocycles. The Balaban J connectivity index is 2.29. The van der Waals surface area contributed by atoms with E-state index in [-0.39, 0.29) is 17.3 Å². The van der Waals surface area contributed by atoms with E-state index in [1.165, 1.54) is 7.11 Å². The molecule has 0 saturated carbocycles. The third-order valence-corrected chi connectivity index (χ3v) is 5.51. The lowest BCUT2D eigenvalue weighted by Crippen LogP contribution is -2.56. The molecule has 174 valence electrons. The molecule has 31 heavy (non-hydrogen) atoms. The maximum atomic E-state index is 13.3. The van der Waals surface area contributed by atoms with Gasteiger partial charge in [0.25, 0.3) is 0 Å². The molecule has 2 fully saturated rings. The molecule has 0 aromatic heterocycles. The SMILES string of the molecule is COC(=O)NC(=NC(CC(C)(C)C)C(=O)NC1(C#N)CCN(C)CC1)N1CCOCC1. The van der Waals surface area contributed by atoms with Crippen molar-refractivity contribution in [1.29, 1.82) is 5.26 Å². The van der Waals surface area contributed by atoms with Crippen LogP contribution in [-0.4, -0.2) is 92.9 Å². The maximum absolute atomic E-state index is 13.3. The van der Waals surface area contributed by atoms with Crippen LogP contribution in [0.2, 0.25) is 0 Å². The van der Waals surface area contributed by atoms with Crippen molar-refractivity contribution in [2.24, 2.45) is 10.4 Å². The van der Waals surface area contributed by atoms with E-state index in [9.17, 15) is 14.9 Å². The van der Waals surface area contributed by atoms with Gasteiger partial charge in [0, 0.05) is 26.2 Å². The van der Waals surface area contributed by atoms with Crippen LogP contribution in [0, 0.1) is 16.7 Å². The van der Waals surface area contributed by atoms with Gasteiger partial charge in [-0.05, 0) is 31.7 Å². The van der Waals surface area contributed by atoms with E-state index in [1.807, 2.05) is 32.7 Å². The first-order chi connectivity index (χ1) is 14.6. The molecule has 0 radical (unpaired) electrons. The Morgan fingerprint density at radius 3 is 2.35 bits per heavy atom. The lowest BCUT2D eigenvalue weighted by Gasteiger charge is -2.37. The fourth-order valence-corrected chi connectivity index (χ4v) is 3.62. The molecule has 1 atom stereocenters. The van der Waals surface area contributed by atoms with Crippen molar-refractivity contribution in [3.63, 3.8) is 0 Å². The van der Waals surface area contributed by atoms with Crippen LogP contribution in [0.15, 0.2) is 4.99 Å². The lowest BCUT2D eigenvalue weighted by atomic mass is 9.86. The summed E-state index contributed by atoms with van der Waals surface area (Å²) in [6.45, 7) is 9.66. The molecular formula is C21H36N6O4.